The standard InChI is InChI=1S/C27H31N3O4/c1-26(2)10-12-30-18(25(32)29-11-6-7-17(29)24(30)31)13-16-15-8-9-19-21(22(15)28-23(16)26)20(33-5)14-27(3,4)34-19/h7-10,12,18,20,28H,6,11,13-14H2,1-5H3. The molecule has 2 atom stereocenters. The summed E-state index contributed by atoms with van der Waals surface area (Å²) in [5.74, 6) is 0.728. The number of allylic oxidation sites excluding steroid dienone is 1. The van der Waals surface area contributed by atoms with Gasteiger partial charge < -0.3 is 24.3 Å². The van der Waals surface area contributed by atoms with E-state index in [2.05, 4.69) is 38.7 Å². The summed E-state index contributed by atoms with van der Waals surface area (Å²) in [6.45, 7) is 9.01. The van der Waals surface area contributed by atoms with Crippen molar-refractivity contribution >= 4 is 22.7 Å². The number of nitrogens with one attached hydrogen (secondary N) is 1. The van der Waals surface area contributed by atoms with Crippen LogP contribution >= 0.6 is 0 Å². The minimum absolute atomic E-state index is 0.00850. The molecule has 178 valence electrons. The molecule has 0 radical (unpaired) electrons. The number of aromatic amines is 1. The molecule has 1 N–H and O–H groups in total. The van der Waals surface area contributed by atoms with Crippen LogP contribution in [0, 0.1) is 0 Å². The number of H-pyrrole nitrogens is 1. The Morgan fingerprint density at radius 1 is 1.18 bits per heavy atom. The van der Waals surface area contributed by atoms with E-state index in [1.54, 1.807) is 16.9 Å². The third-order valence-corrected chi connectivity index (χ3v) is 7.77. The second-order valence-electron chi connectivity index (χ2n) is 11.0. The first-order valence-electron chi connectivity index (χ1n) is 12.0. The van der Waals surface area contributed by atoms with Gasteiger partial charge in [-0.25, -0.2) is 0 Å². The number of methoxy groups -OCH3 is 1. The molecule has 1 saturated heterocycles. The molecule has 4 aliphatic heterocycles. The van der Waals surface area contributed by atoms with E-state index in [1.807, 2.05) is 24.4 Å². The zero-order valence-corrected chi connectivity index (χ0v) is 20.4. The number of aromatic nitrogens is 1. The SMILES string of the molecule is COC1CC(C)(C)Oc2ccc3c4c([nH]c3c21)C(C)(C)C=CN1C(=O)C2=CCCN2C(=O)C1C4. The quantitative estimate of drug-likeness (QED) is 0.694. The Balaban J connectivity index is 1.54. The Bertz CT molecular complexity index is 1300. The van der Waals surface area contributed by atoms with Crippen LogP contribution in [-0.4, -0.2) is 51.9 Å². The van der Waals surface area contributed by atoms with Crippen LogP contribution in [0.4, 0.5) is 0 Å². The van der Waals surface area contributed by atoms with Crippen LogP contribution in [-0.2, 0) is 26.2 Å². The van der Waals surface area contributed by atoms with Gasteiger partial charge in [0.2, 0.25) is 0 Å². The molecule has 34 heavy (non-hydrogen) atoms. The molecule has 4 aliphatic rings. The van der Waals surface area contributed by atoms with Crippen LogP contribution in [0.5, 0.6) is 5.75 Å². The summed E-state index contributed by atoms with van der Waals surface area (Å²) >= 11 is 0. The molecular weight excluding hydrogens is 430 g/mol. The van der Waals surface area contributed by atoms with Gasteiger partial charge in [-0.05, 0) is 38.0 Å². The van der Waals surface area contributed by atoms with Crippen molar-refractivity contribution in [3.8, 4) is 5.75 Å². The maximum atomic E-state index is 13.5. The van der Waals surface area contributed by atoms with E-state index in [1.165, 1.54) is 0 Å². The van der Waals surface area contributed by atoms with Crippen LogP contribution < -0.4 is 4.74 Å². The lowest BCUT2D eigenvalue weighted by molar-refractivity contribution is -0.147. The van der Waals surface area contributed by atoms with Gasteiger partial charge in [0.15, 0.2) is 0 Å². The molecule has 1 aromatic heterocycles. The summed E-state index contributed by atoms with van der Waals surface area (Å²) in [7, 11) is 1.74. The van der Waals surface area contributed by atoms with Crippen molar-refractivity contribution in [2.45, 2.75) is 70.1 Å². The first-order chi connectivity index (χ1) is 16.1. The predicted octanol–water partition coefficient (Wildman–Crippen LogP) is 4.09. The highest BCUT2D eigenvalue weighted by Gasteiger charge is 2.46. The topological polar surface area (TPSA) is 74.9 Å². The van der Waals surface area contributed by atoms with Crippen molar-refractivity contribution in [1.29, 1.82) is 0 Å². The van der Waals surface area contributed by atoms with Crippen LogP contribution in [0.2, 0.25) is 0 Å². The summed E-state index contributed by atoms with van der Waals surface area (Å²) < 4.78 is 12.2. The molecule has 2 unspecified atom stereocenters. The molecule has 1 aromatic carbocycles. The van der Waals surface area contributed by atoms with Crippen molar-refractivity contribution in [2.75, 3.05) is 13.7 Å². The van der Waals surface area contributed by atoms with Crippen LogP contribution in [0.15, 0.2) is 36.2 Å². The van der Waals surface area contributed by atoms with Gasteiger partial charge in [0.1, 0.15) is 23.1 Å². The third kappa shape index (κ3) is 2.92. The van der Waals surface area contributed by atoms with E-state index in [0.29, 0.717) is 18.7 Å². The second kappa shape index (κ2) is 6.98. The van der Waals surface area contributed by atoms with Crippen molar-refractivity contribution < 1.29 is 19.1 Å². The highest BCUT2D eigenvalue weighted by atomic mass is 16.5. The van der Waals surface area contributed by atoms with Crippen molar-refractivity contribution in [3.63, 3.8) is 0 Å². The summed E-state index contributed by atoms with van der Waals surface area (Å²) in [5.41, 5.74) is 3.99. The molecule has 0 spiro atoms. The maximum absolute atomic E-state index is 13.5. The Morgan fingerprint density at radius 2 is 1.97 bits per heavy atom. The predicted molar refractivity (Wildman–Crippen MR) is 128 cm³/mol. The maximum Gasteiger partial charge on any atom is 0.274 e. The number of carbonyl (C=O) groups excluding carboxylic acids is 2. The van der Waals surface area contributed by atoms with E-state index >= 15 is 0 Å². The molecule has 6 rings (SSSR count). The number of rotatable bonds is 1. The molecule has 2 aromatic rings. The lowest BCUT2D eigenvalue weighted by atomic mass is 9.82. The molecule has 0 bridgehead atoms. The second-order valence-corrected chi connectivity index (χ2v) is 11.0. The van der Waals surface area contributed by atoms with Crippen LogP contribution in [0.25, 0.3) is 10.9 Å². The van der Waals surface area contributed by atoms with E-state index in [9.17, 15) is 9.59 Å². The number of benzene rings is 1. The lowest BCUT2D eigenvalue weighted by Crippen LogP contribution is -2.56. The third-order valence-electron chi connectivity index (χ3n) is 7.77. The van der Waals surface area contributed by atoms with Gasteiger partial charge in [0.25, 0.3) is 11.8 Å². The Hall–Kier alpha value is -3.06. The lowest BCUT2D eigenvalue weighted by Gasteiger charge is -2.40. The number of piperazine rings is 1. The fourth-order valence-electron chi connectivity index (χ4n) is 6.05. The van der Waals surface area contributed by atoms with Gasteiger partial charge in [0, 0.05) is 54.8 Å². The minimum Gasteiger partial charge on any atom is -0.487 e. The van der Waals surface area contributed by atoms with Gasteiger partial charge in [-0.2, -0.15) is 0 Å². The monoisotopic (exact) mass is 461 g/mol. The summed E-state index contributed by atoms with van der Waals surface area (Å²) in [6.07, 6.45) is 7.55. The molecule has 1 fully saturated rings. The number of hydrogen-bond acceptors (Lipinski definition) is 4. The molecular formula is C27H31N3O4. The molecule has 0 saturated carbocycles. The fourth-order valence-corrected chi connectivity index (χ4v) is 6.05. The van der Waals surface area contributed by atoms with Crippen LogP contribution in [0.1, 0.15) is 63.5 Å². The highest BCUT2D eigenvalue weighted by molar-refractivity contribution is 6.06. The molecule has 2 amide bonds. The molecule has 0 aliphatic carbocycles. The zero-order chi connectivity index (χ0) is 24.0. The Kier molecular flexibility index (Phi) is 4.41. The average molecular weight is 462 g/mol. The Labute approximate surface area is 199 Å². The average Bonchev–Trinajstić information content (AvgIpc) is 3.40. The van der Waals surface area contributed by atoms with Crippen molar-refractivity contribution in [1.82, 2.24) is 14.8 Å². The highest BCUT2D eigenvalue weighted by Crippen LogP contribution is 2.47. The zero-order valence-electron chi connectivity index (χ0n) is 20.4. The van der Waals surface area contributed by atoms with Crippen LogP contribution in [0.3, 0.4) is 0 Å². The number of nitrogens with zero attached hydrogens (tertiary/aromatic N) is 2. The number of hydrogen-bond donors (Lipinski definition) is 1. The molecule has 5 heterocycles. The van der Waals surface area contributed by atoms with Gasteiger partial charge in [-0.3, -0.25) is 9.59 Å². The normalized spacial score (nSPS) is 26.8. The smallest absolute Gasteiger partial charge is 0.274 e. The summed E-state index contributed by atoms with van der Waals surface area (Å²) in [4.78, 5) is 33.8. The first-order valence-corrected chi connectivity index (χ1v) is 12.0. The number of carbonyl (C=O) groups is 2. The largest absolute Gasteiger partial charge is 0.487 e. The van der Waals surface area contributed by atoms with Gasteiger partial charge in [-0.15, -0.1) is 0 Å². The fraction of sp³-hybridized carbons (Fsp3) is 0.481. The Morgan fingerprint density at radius 3 is 2.74 bits per heavy atom. The van der Waals surface area contributed by atoms with E-state index in [4.69, 9.17) is 9.47 Å². The first kappa shape index (κ1) is 21.5. The number of amides is 2. The number of ether oxygens (including phenoxy) is 2. The minimum atomic E-state index is -0.558. The molecule has 7 nitrogen and oxygen atoms in total. The van der Waals surface area contributed by atoms with Gasteiger partial charge in [-0.1, -0.05) is 26.0 Å². The van der Waals surface area contributed by atoms with E-state index in [0.717, 1.165) is 46.3 Å². The summed E-state index contributed by atoms with van der Waals surface area (Å²) in [6, 6.07) is 3.55. The van der Waals surface area contributed by atoms with E-state index < -0.39 is 6.04 Å². The van der Waals surface area contributed by atoms with Gasteiger partial charge >= 0.3 is 0 Å². The molecule has 7 heteroatoms. The summed E-state index contributed by atoms with van der Waals surface area (Å²) in [5, 5.41) is 1.06. The van der Waals surface area contributed by atoms with Crippen molar-refractivity contribution in [2.24, 2.45) is 0 Å². The van der Waals surface area contributed by atoms with Gasteiger partial charge in [0.05, 0.1) is 11.6 Å². The number of fused-ring (bicyclic) bond motifs is 7. The van der Waals surface area contributed by atoms with Crippen molar-refractivity contribution in [3.05, 3.63) is 53.0 Å². The van der Waals surface area contributed by atoms with E-state index in [-0.39, 0.29) is 28.9 Å².